The second-order valence-electron chi connectivity index (χ2n) is 8.11. The van der Waals surface area contributed by atoms with Crippen molar-refractivity contribution in [2.45, 2.75) is 6.10 Å². The van der Waals surface area contributed by atoms with Crippen LogP contribution < -0.4 is 19.3 Å². The van der Waals surface area contributed by atoms with Crippen molar-refractivity contribution < 1.29 is 9.47 Å². The third kappa shape index (κ3) is 4.19. The molecule has 1 fully saturated rings. The molecular formula is C26H29N3O2. The van der Waals surface area contributed by atoms with Gasteiger partial charge in [0.2, 0.25) is 0 Å². The average molecular weight is 416 g/mol. The molecule has 0 aliphatic carbocycles. The molecule has 0 saturated carbocycles. The Morgan fingerprint density at radius 1 is 0.806 bits per heavy atom. The summed E-state index contributed by atoms with van der Waals surface area (Å²) in [5.74, 6) is 1.91. The first-order chi connectivity index (χ1) is 15.3. The molecule has 2 aliphatic heterocycles. The first-order valence-corrected chi connectivity index (χ1v) is 11.0. The van der Waals surface area contributed by atoms with E-state index < -0.39 is 0 Å². The van der Waals surface area contributed by atoms with Gasteiger partial charge in [0, 0.05) is 38.4 Å². The van der Waals surface area contributed by atoms with E-state index in [1.165, 1.54) is 11.4 Å². The van der Waals surface area contributed by atoms with Crippen molar-refractivity contribution >= 4 is 17.1 Å². The standard InChI is InChI=1S/C26H29N3O2/c1-30-25-13-7-5-11-23(25)28-17-15-27(16-18-28)19-22-20-29(21-9-3-2-4-10-21)24-12-6-8-14-26(24)31-22/h2-14,22H,15-20H2,1H3. The lowest BCUT2D eigenvalue weighted by Gasteiger charge is -2.41. The Hall–Kier alpha value is -3.18. The van der Waals surface area contributed by atoms with Gasteiger partial charge in [0.05, 0.1) is 25.0 Å². The first-order valence-electron chi connectivity index (χ1n) is 11.0. The van der Waals surface area contributed by atoms with Crippen LogP contribution in [-0.2, 0) is 0 Å². The third-order valence-corrected chi connectivity index (χ3v) is 6.16. The Labute approximate surface area is 184 Å². The van der Waals surface area contributed by atoms with Gasteiger partial charge in [0.25, 0.3) is 0 Å². The molecule has 0 aromatic heterocycles. The molecule has 0 bridgehead atoms. The number of para-hydroxylation sites is 5. The van der Waals surface area contributed by atoms with Gasteiger partial charge in [0.1, 0.15) is 17.6 Å². The monoisotopic (exact) mass is 415 g/mol. The molecule has 3 aromatic rings. The fraction of sp³-hybridized carbons (Fsp3) is 0.308. The molecule has 1 unspecified atom stereocenters. The van der Waals surface area contributed by atoms with E-state index in [9.17, 15) is 0 Å². The number of piperazine rings is 1. The van der Waals surface area contributed by atoms with E-state index in [4.69, 9.17) is 9.47 Å². The lowest BCUT2D eigenvalue weighted by Crippen LogP contribution is -2.52. The van der Waals surface area contributed by atoms with E-state index in [0.717, 1.165) is 56.5 Å². The lowest BCUT2D eigenvalue weighted by molar-refractivity contribution is 0.127. The van der Waals surface area contributed by atoms with Crippen molar-refractivity contribution in [1.82, 2.24) is 4.90 Å². The number of hydrogen-bond donors (Lipinski definition) is 0. The van der Waals surface area contributed by atoms with Crippen molar-refractivity contribution in [2.24, 2.45) is 0 Å². The van der Waals surface area contributed by atoms with E-state index in [1.807, 2.05) is 12.1 Å². The molecule has 3 aromatic carbocycles. The number of ether oxygens (including phenoxy) is 2. The van der Waals surface area contributed by atoms with Crippen molar-refractivity contribution in [3.05, 3.63) is 78.9 Å². The summed E-state index contributed by atoms with van der Waals surface area (Å²) in [6, 6.07) is 27.2. The number of methoxy groups -OCH3 is 1. The summed E-state index contributed by atoms with van der Waals surface area (Å²) in [5.41, 5.74) is 3.54. The van der Waals surface area contributed by atoms with Crippen LogP contribution in [0.1, 0.15) is 0 Å². The molecule has 0 amide bonds. The summed E-state index contributed by atoms with van der Waals surface area (Å²) < 4.78 is 12.0. The highest BCUT2D eigenvalue weighted by Crippen LogP contribution is 2.38. The average Bonchev–Trinajstić information content (AvgIpc) is 2.84. The van der Waals surface area contributed by atoms with Crippen LogP contribution in [-0.4, -0.2) is 57.4 Å². The predicted molar refractivity (Wildman–Crippen MR) is 126 cm³/mol. The number of anilines is 3. The molecule has 31 heavy (non-hydrogen) atoms. The molecule has 0 spiro atoms. The molecule has 5 heteroatoms. The van der Waals surface area contributed by atoms with Gasteiger partial charge in [-0.2, -0.15) is 0 Å². The van der Waals surface area contributed by atoms with E-state index in [1.54, 1.807) is 7.11 Å². The van der Waals surface area contributed by atoms with E-state index in [0.29, 0.717) is 0 Å². The van der Waals surface area contributed by atoms with Crippen LogP contribution in [0.2, 0.25) is 0 Å². The Morgan fingerprint density at radius 2 is 1.48 bits per heavy atom. The SMILES string of the molecule is COc1ccccc1N1CCN(CC2CN(c3ccccc3)c3ccccc3O2)CC1. The van der Waals surface area contributed by atoms with Gasteiger partial charge in [-0.3, -0.25) is 4.90 Å². The largest absolute Gasteiger partial charge is 0.495 e. The lowest BCUT2D eigenvalue weighted by atomic mass is 10.1. The molecule has 2 aliphatic rings. The summed E-state index contributed by atoms with van der Waals surface area (Å²) in [6.45, 7) is 5.80. The van der Waals surface area contributed by atoms with Crippen molar-refractivity contribution in [3.8, 4) is 11.5 Å². The minimum absolute atomic E-state index is 0.132. The number of rotatable bonds is 5. The molecular weight excluding hydrogens is 386 g/mol. The maximum Gasteiger partial charge on any atom is 0.143 e. The normalized spacial score (nSPS) is 18.9. The zero-order valence-electron chi connectivity index (χ0n) is 18.0. The smallest absolute Gasteiger partial charge is 0.143 e. The van der Waals surface area contributed by atoms with Crippen LogP contribution in [0.5, 0.6) is 11.5 Å². The number of hydrogen-bond acceptors (Lipinski definition) is 5. The van der Waals surface area contributed by atoms with E-state index >= 15 is 0 Å². The highest BCUT2D eigenvalue weighted by atomic mass is 16.5. The molecule has 2 heterocycles. The van der Waals surface area contributed by atoms with Gasteiger partial charge in [-0.05, 0) is 36.4 Å². The maximum absolute atomic E-state index is 6.42. The minimum atomic E-state index is 0.132. The molecule has 160 valence electrons. The molecule has 5 rings (SSSR count). The quantitative estimate of drug-likeness (QED) is 0.615. The molecule has 1 saturated heterocycles. The Balaban J connectivity index is 1.26. The Morgan fingerprint density at radius 3 is 2.26 bits per heavy atom. The molecule has 1 atom stereocenters. The Kier molecular flexibility index (Phi) is 5.67. The van der Waals surface area contributed by atoms with Gasteiger partial charge >= 0.3 is 0 Å². The van der Waals surface area contributed by atoms with Gasteiger partial charge < -0.3 is 19.3 Å². The van der Waals surface area contributed by atoms with Crippen LogP contribution in [0.15, 0.2) is 78.9 Å². The van der Waals surface area contributed by atoms with Gasteiger partial charge in [-0.1, -0.05) is 42.5 Å². The third-order valence-electron chi connectivity index (χ3n) is 6.16. The van der Waals surface area contributed by atoms with Crippen LogP contribution >= 0.6 is 0 Å². The summed E-state index contributed by atoms with van der Waals surface area (Å²) >= 11 is 0. The highest BCUT2D eigenvalue weighted by molar-refractivity contribution is 5.70. The minimum Gasteiger partial charge on any atom is -0.495 e. The van der Waals surface area contributed by atoms with Crippen molar-refractivity contribution in [1.29, 1.82) is 0 Å². The van der Waals surface area contributed by atoms with Crippen LogP contribution in [0.25, 0.3) is 0 Å². The fourth-order valence-corrected chi connectivity index (χ4v) is 4.60. The van der Waals surface area contributed by atoms with Crippen LogP contribution in [0.4, 0.5) is 17.1 Å². The number of benzene rings is 3. The summed E-state index contributed by atoms with van der Waals surface area (Å²) in [5, 5.41) is 0. The maximum atomic E-state index is 6.42. The fourth-order valence-electron chi connectivity index (χ4n) is 4.60. The van der Waals surface area contributed by atoms with Crippen molar-refractivity contribution in [3.63, 3.8) is 0 Å². The summed E-state index contributed by atoms with van der Waals surface area (Å²) in [6.07, 6.45) is 0.132. The molecule has 0 N–H and O–H groups in total. The summed E-state index contributed by atoms with van der Waals surface area (Å²) in [7, 11) is 1.74. The van der Waals surface area contributed by atoms with Crippen LogP contribution in [0.3, 0.4) is 0 Å². The topological polar surface area (TPSA) is 28.2 Å². The first kappa shape index (κ1) is 19.8. The van der Waals surface area contributed by atoms with Crippen LogP contribution in [0, 0.1) is 0 Å². The van der Waals surface area contributed by atoms with Gasteiger partial charge in [-0.15, -0.1) is 0 Å². The zero-order chi connectivity index (χ0) is 21.0. The number of fused-ring (bicyclic) bond motifs is 1. The van der Waals surface area contributed by atoms with E-state index in [2.05, 4.69) is 81.4 Å². The van der Waals surface area contributed by atoms with E-state index in [-0.39, 0.29) is 6.10 Å². The Bertz CT molecular complexity index is 1000. The molecule has 0 radical (unpaired) electrons. The molecule has 5 nitrogen and oxygen atoms in total. The van der Waals surface area contributed by atoms with Gasteiger partial charge in [-0.25, -0.2) is 0 Å². The van der Waals surface area contributed by atoms with Gasteiger partial charge in [0.15, 0.2) is 0 Å². The second-order valence-corrected chi connectivity index (χ2v) is 8.11. The zero-order valence-corrected chi connectivity index (χ0v) is 18.0. The summed E-state index contributed by atoms with van der Waals surface area (Å²) in [4.78, 5) is 7.32. The number of nitrogens with zero attached hydrogens (tertiary/aromatic N) is 3. The second kappa shape index (κ2) is 8.90. The highest BCUT2D eigenvalue weighted by Gasteiger charge is 2.29. The van der Waals surface area contributed by atoms with Crippen molar-refractivity contribution in [2.75, 3.05) is 56.2 Å². The predicted octanol–water partition coefficient (Wildman–Crippen LogP) is 4.42.